The van der Waals surface area contributed by atoms with E-state index in [2.05, 4.69) is 10.1 Å². The summed E-state index contributed by atoms with van der Waals surface area (Å²) >= 11 is 0. The maximum Gasteiger partial charge on any atom is 0.511 e. The number of hydrogen-bond acceptors (Lipinski definition) is 8. The predicted molar refractivity (Wildman–Crippen MR) is 67.4 cm³/mol. The van der Waals surface area contributed by atoms with Gasteiger partial charge in [-0.05, 0) is 0 Å². The van der Waals surface area contributed by atoms with Crippen molar-refractivity contribution in [3.8, 4) is 0 Å². The highest BCUT2D eigenvalue weighted by atomic mass is 32.2. The summed E-state index contributed by atoms with van der Waals surface area (Å²) in [6, 6.07) is 0. The number of hydrogen-bond donors (Lipinski definition) is 4. The van der Waals surface area contributed by atoms with Crippen LogP contribution in [-0.2, 0) is 14.8 Å². The van der Waals surface area contributed by atoms with Crippen LogP contribution in [0.25, 0.3) is 0 Å². The van der Waals surface area contributed by atoms with E-state index in [1.54, 1.807) is 0 Å². The van der Waals surface area contributed by atoms with Gasteiger partial charge < -0.3 is 20.7 Å². The second-order valence-corrected chi connectivity index (χ2v) is 6.51. The molecule has 136 valence electrons. The largest absolute Gasteiger partial charge is 0.511 e. The molecule has 0 saturated carbocycles. The van der Waals surface area contributed by atoms with E-state index in [9.17, 15) is 36.6 Å². The monoisotopic (exact) mass is 375 g/mol. The summed E-state index contributed by atoms with van der Waals surface area (Å²) in [5.74, 6) is -1.39. The van der Waals surface area contributed by atoms with Gasteiger partial charge >= 0.3 is 15.5 Å². The van der Waals surface area contributed by atoms with E-state index >= 15 is 0 Å². The van der Waals surface area contributed by atoms with Crippen LogP contribution in [0.3, 0.4) is 0 Å². The molecule has 1 aromatic heterocycles. The highest BCUT2D eigenvalue weighted by Crippen LogP contribution is 2.29. The third-order valence-corrected chi connectivity index (χ3v) is 4.26. The molecule has 4 atom stereocenters. The van der Waals surface area contributed by atoms with Crippen molar-refractivity contribution in [3.05, 3.63) is 12.2 Å². The van der Waals surface area contributed by atoms with E-state index in [4.69, 9.17) is 10.5 Å². The molecule has 1 aliphatic rings. The summed E-state index contributed by atoms with van der Waals surface area (Å²) < 4.78 is 65.7. The summed E-state index contributed by atoms with van der Waals surface area (Å²) in [5, 5.41) is 23.2. The summed E-state index contributed by atoms with van der Waals surface area (Å²) in [6.45, 7) is -0.950. The lowest BCUT2D eigenvalue weighted by atomic mass is 10.1. The van der Waals surface area contributed by atoms with E-state index in [0.717, 1.165) is 11.0 Å². The van der Waals surface area contributed by atoms with Crippen molar-refractivity contribution in [2.45, 2.75) is 30.0 Å². The Bertz CT molecular complexity index is 722. The van der Waals surface area contributed by atoms with E-state index in [1.807, 2.05) is 0 Å². The molecule has 2 heterocycles. The molecule has 0 radical (unpaired) electrons. The first kappa shape index (κ1) is 18.5. The van der Waals surface area contributed by atoms with Crippen LogP contribution in [-0.4, -0.2) is 69.7 Å². The van der Waals surface area contributed by atoms with Gasteiger partial charge in [0.05, 0.1) is 0 Å². The number of aromatic nitrogens is 3. The number of primary amides is 1. The Kier molecular flexibility index (Phi) is 4.82. The van der Waals surface area contributed by atoms with Gasteiger partial charge in [0.25, 0.3) is 5.91 Å². The first-order chi connectivity index (χ1) is 10.9. The van der Waals surface area contributed by atoms with E-state index in [0.29, 0.717) is 0 Å². The molecule has 1 aromatic rings. The molecule has 1 amide bonds. The second kappa shape index (κ2) is 6.25. The molecule has 1 unspecified atom stereocenters. The first-order valence-corrected chi connectivity index (χ1v) is 7.71. The molecule has 1 fully saturated rings. The topological polar surface area (TPSA) is 170 Å². The number of halogens is 3. The molecule has 0 aromatic carbocycles. The van der Waals surface area contributed by atoms with Gasteiger partial charge in [-0.2, -0.15) is 13.2 Å². The summed E-state index contributed by atoms with van der Waals surface area (Å²) in [4.78, 5) is 14.4. The standard InChI is InChI=1S/C9H12F3N5O6S/c10-9(11,12)24(21,22)15-1-3-4(18)5(19)8(23-3)17-2-14-7(16-17)6(13)20/h2-5,8,15,18-19H,1H2,(H2,13,20)/t3?,4-,5-,8-/m1/s1. The summed E-state index contributed by atoms with van der Waals surface area (Å²) in [5.41, 5.74) is -0.593. The second-order valence-electron chi connectivity index (χ2n) is 4.76. The number of ether oxygens (including phenoxy) is 1. The number of sulfonamides is 1. The quantitative estimate of drug-likeness (QED) is 0.435. The molecule has 11 nitrogen and oxygen atoms in total. The van der Waals surface area contributed by atoms with Crippen LogP contribution in [0.15, 0.2) is 6.33 Å². The number of aliphatic hydroxyl groups is 2. The van der Waals surface area contributed by atoms with Crippen LogP contribution < -0.4 is 10.5 Å². The maximum absolute atomic E-state index is 12.2. The van der Waals surface area contributed by atoms with E-state index in [1.165, 1.54) is 4.72 Å². The van der Waals surface area contributed by atoms with Crippen molar-refractivity contribution in [2.75, 3.05) is 6.54 Å². The zero-order valence-electron chi connectivity index (χ0n) is 11.6. The Morgan fingerprint density at radius 3 is 2.54 bits per heavy atom. The van der Waals surface area contributed by atoms with Gasteiger partial charge in [0.1, 0.15) is 24.6 Å². The Morgan fingerprint density at radius 2 is 2.04 bits per heavy atom. The zero-order chi connectivity index (χ0) is 18.3. The number of alkyl halides is 3. The van der Waals surface area contributed by atoms with Crippen LogP contribution in [0.5, 0.6) is 0 Å². The average molecular weight is 375 g/mol. The zero-order valence-corrected chi connectivity index (χ0v) is 12.4. The predicted octanol–water partition coefficient (Wildman–Crippen LogP) is -2.56. The van der Waals surface area contributed by atoms with Crippen molar-refractivity contribution in [1.29, 1.82) is 0 Å². The average Bonchev–Trinajstić information content (AvgIpc) is 3.03. The Morgan fingerprint density at radius 1 is 1.42 bits per heavy atom. The van der Waals surface area contributed by atoms with E-state index < -0.39 is 58.3 Å². The normalized spacial score (nSPS) is 28.2. The van der Waals surface area contributed by atoms with Gasteiger partial charge in [-0.3, -0.25) is 4.79 Å². The minimum Gasteiger partial charge on any atom is -0.387 e. The lowest BCUT2D eigenvalue weighted by Crippen LogP contribution is -2.44. The van der Waals surface area contributed by atoms with Crippen molar-refractivity contribution in [1.82, 2.24) is 19.5 Å². The van der Waals surface area contributed by atoms with Gasteiger partial charge in [0, 0.05) is 6.54 Å². The highest BCUT2D eigenvalue weighted by molar-refractivity contribution is 7.90. The molecular formula is C9H12F3N5O6S. The Balaban J connectivity index is 2.08. The molecule has 1 aliphatic heterocycles. The van der Waals surface area contributed by atoms with Gasteiger partial charge in [-0.15, -0.1) is 5.10 Å². The molecule has 0 spiro atoms. The van der Waals surface area contributed by atoms with Gasteiger partial charge in [-0.25, -0.2) is 22.8 Å². The molecule has 0 bridgehead atoms. The fourth-order valence-electron chi connectivity index (χ4n) is 1.90. The third-order valence-electron chi connectivity index (χ3n) is 3.11. The lowest BCUT2D eigenvalue weighted by molar-refractivity contribution is -0.0490. The number of carbonyl (C=O) groups excluding carboxylic acids is 1. The minimum absolute atomic E-state index is 0.415. The fourth-order valence-corrected chi connectivity index (χ4v) is 2.45. The molecule has 1 saturated heterocycles. The van der Waals surface area contributed by atoms with Crippen molar-refractivity contribution >= 4 is 15.9 Å². The highest BCUT2D eigenvalue weighted by Gasteiger charge is 2.49. The number of carbonyl (C=O) groups is 1. The third kappa shape index (κ3) is 3.48. The van der Waals surface area contributed by atoms with Crippen LogP contribution in [0.1, 0.15) is 16.8 Å². The van der Waals surface area contributed by atoms with Gasteiger partial charge in [0.2, 0.25) is 5.82 Å². The number of rotatable bonds is 5. The van der Waals surface area contributed by atoms with Crippen LogP contribution in [0.2, 0.25) is 0 Å². The van der Waals surface area contributed by atoms with Gasteiger partial charge in [0.15, 0.2) is 6.23 Å². The van der Waals surface area contributed by atoms with Crippen LogP contribution in [0.4, 0.5) is 13.2 Å². The van der Waals surface area contributed by atoms with Crippen molar-refractivity contribution < 1.29 is 41.3 Å². The smallest absolute Gasteiger partial charge is 0.387 e. The molecule has 24 heavy (non-hydrogen) atoms. The Hall–Kier alpha value is -1.81. The number of nitrogens with one attached hydrogen (secondary N) is 1. The SMILES string of the molecule is NC(=O)c1ncn([C@@H]2OC(CNS(=O)(=O)C(F)(F)F)[C@@H](O)[C@H]2O)n1. The summed E-state index contributed by atoms with van der Waals surface area (Å²) in [6.07, 6.45) is -5.33. The number of nitrogens with zero attached hydrogens (tertiary/aromatic N) is 3. The van der Waals surface area contributed by atoms with Gasteiger partial charge in [-0.1, -0.05) is 0 Å². The number of amides is 1. The molecule has 15 heteroatoms. The molecular weight excluding hydrogens is 363 g/mol. The Labute approximate surface area is 132 Å². The first-order valence-electron chi connectivity index (χ1n) is 6.22. The molecule has 2 rings (SSSR count). The fraction of sp³-hybridized carbons (Fsp3) is 0.667. The maximum atomic E-state index is 12.2. The number of nitrogens with two attached hydrogens (primary N) is 1. The van der Waals surface area contributed by atoms with Crippen LogP contribution >= 0.6 is 0 Å². The minimum atomic E-state index is -5.63. The van der Waals surface area contributed by atoms with Crippen molar-refractivity contribution in [3.63, 3.8) is 0 Å². The number of aliphatic hydroxyl groups excluding tert-OH is 2. The molecule has 5 N–H and O–H groups in total. The lowest BCUT2D eigenvalue weighted by Gasteiger charge is -2.16. The summed E-state index contributed by atoms with van der Waals surface area (Å²) in [7, 11) is -5.63. The van der Waals surface area contributed by atoms with Crippen LogP contribution in [0, 0.1) is 0 Å². The molecule has 0 aliphatic carbocycles. The van der Waals surface area contributed by atoms with E-state index in [-0.39, 0.29) is 0 Å². The van der Waals surface area contributed by atoms with Crippen molar-refractivity contribution in [2.24, 2.45) is 5.73 Å².